The Morgan fingerprint density at radius 1 is 1.26 bits per heavy atom. The molecule has 2 N–H and O–H groups in total. The lowest BCUT2D eigenvalue weighted by atomic mass is 10.2. The van der Waals surface area contributed by atoms with Gasteiger partial charge in [-0.1, -0.05) is 12.1 Å². The summed E-state index contributed by atoms with van der Waals surface area (Å²) in [6, 6.07) is 7.22. The minimum absolute atomic E-state index is 0.148. The molecular weight excluding hydrogens is 264 g/mol. The van der Waals surface area contributed by atoms with Gasteiger partial charge in [0.15, 0.2) is 0 Å². The Bertz CT molecular complexity index is 647. The fraction of sp³-hybridized carbons (Fsp3) is 0.250. The van der Waals surface area contributed by atoms with Crippen LogP contribution in [0, 0.1) is 0 Å². The van der Waals surface area contributed by atoms with Crippen LogP contribution < -0.4 is 10.0 Å². The highest BCUT2D eigenvalue weighted by atomic mass is 32.2. The van der Waals surface area contributed by atoms with Crippen LogP contribution in [0.2, 0.25) is 0 Å². The summed E-state index contributed by atoms with van der Waals surface area (Å²) in [6.45, 7) is 0.746. The fourth-order valence-electron chi connectivity index (χ4n) is 1.65. The van der Waals surface area contributed by atoms with Crippen LogP contribution >= 0.6 is 0 Å². The molecule has 1 heterocycles. The first-order valence-electron chi connectivity index (χ1n) is 5.76. The molecule has 6 nitrogen and oxygen atoms in total. The predicted octanol–water partition coefficient (Wildman–Crippen LogP) is 0.940. The summed E-state index contributed by atoms with van der Waals surface area (Å²) in [7, 11) is -0.0343. The number of nitrogens with zero attached hydrogens (tertiary/aromatic N) is 2. The van der Waals surface area contributed by atoms with Gasteiger partial charge in [0.05, 0.1) is 6.20 Å². The summed E-state index contributed by atoms with van der Waals surface area (Å²) in [6.07, 6.45) is 2.77. The lowest BCUT2D eigenvalue weighted by molar-refractivity contribution is 0.601. The number of rotatable bonds is 5. The number of benzene rings is 1. The maximum Gasteiger partial charge on any atom is 0.265 e. The summed E-state index contributed by atoms with van der Waals surface area (Å²) < 4.78 is 28.1. The van der Waals surface area contributed by atoms with E-state index in [1.807, 2.05) is 19.2 Å². The molecule has 0 aliphatic heterocycles. The molecule has 0 atom stereocenters. The van der Waals surface area contributed by atoms with Crippen LogP contribution in [-0.4, -0.2) is 25.2 Å². The van der Waals surface area contributed by atoms with E-state index < -0.39 is 10.0 Å². The Morgan fingerprint density at radius 2 is 1.95 bits per heavy atom. The second kappa shape index (κ2) is 5.41. The maximum absolute atomic E-state index is 12.0. The average Bonchev–Trinajstić information content (AvgIpc) is 2.79. The first kappa shape index (κ1) is 13.6. The van der Waals surface area contributed by atoms with Gasteiger partial charge in [0.1, 0.15) is 4.90 Å². The monoisotopic (exact) mass is 280 g/mol. The number of hydrogen-bond acceptors (Lipinski definition) is 4. The fourth-order valence-corrected chi connectivity index (χ4v) is 2.69. The van der Waals surface area contributed by atoms with Crippen LogP contribution in [0.3, 0.4) is 0 Å². The van der Waals surface area contributed by atoms with Crippen molar-refractivity contribution < 1.29 is 8.42 Å². The smallest absolute Gasteiger partial charge is 0.265 e. The Kier molecular flexibility index (Phi) is 3.87. The van der Waals surface area contributed by atoms with Gasteiger partial charge in [-0.2, -0.15) is 5.10 Å². The van der Waals surface area contributed by atoms with Gasteiger partial charge >= 0.3 is 0 Å². The minimum atomic E-state index is -3.57. The van der Waals surface area contributed by atoms with E-state index >= 15 is 0 Å². The van der Waals surface area contributed by atoms with Gasteiger partial charge in [0.25, 0.3) is 10.0 Å². The van der Waals surface area contributed by atoms with Crippen molar-refractivity contribution >= 4 is 15.7 Å². The van der Waals surface area contributed by atoms with E-state index in [-0.39, 0.29) is 4.90 Å². The van der Waals surface area contributed by atoms with Gasteiger partial charge in [-0.3, -0.25) is 9.40 Å². The lowest BCUT2D eigenvalue weighted by Crippen LogP contribution is -2.12. The van der Waals surface area contributed by atoms with Gasteiger partial charge in [-0.25, -0.2) is 8.42 Å². The van der Waals surface area contributed by atoms with Crippen molar-refractivity contribution in [1.82, 2.24) is 15.1 Å². The number of hydrogen-bond donors (Lipinski definition) is 2. The molecule has 2 rings (SSSR count). The van der Waals surface area contributed by atoms with Crippen molar-refractivity contribution in [3.63, 3.8) is 0 Å². The van der Waals surface area contributed by atoms with Crippen LogP contribution in [-0.2, 0) is 23.6 Å². The van der Waals surface area contributed by atoms with Crippen molar-refractivity contribution in [2.45, 2.75) is 11.4 Å². The van der Waals surface area contributed by atoms with Crippen LogP contribution in [0.5, 0.6) is 0 Å². The zero-order valence-corrected chi connectivity index (χ0v) is 11.6. The molecule has 0 unspecified atom stereocenters. The number of anilines is 1. The summed E-state index contributed by atoms with van der Waals surface area (Å²) in [5, 5.41) is 6.88. The van der Waals surface area contributed by atoms with E-state index in [1.165, 1.54) is 17.1 Å². The predicted molar refractivity (Wildman–Crippen MR) is 73.2 cm³/mol. The normalized spacial score (nSPS) is 11.5. The molecule has 0 amide bonds. The van der Waals surface area contributed by atoms with Gasteiger partial charge in [0, 0.05) is 25.5 Å². The topological polar surface area (TPSA) is 76.0 Å². The lowest BCUT2D eigenvalue weighted by Gasteiger charge is -2.07. The standard InChI is InChI=1S/C12H16N4O2S/c1-13-7-10-3-5-11(6-4-10)15-19(17,18)12-8-14-16(2)9-12/h3-6,8-9,13,15H,7H2,1-2H3. The van der Waals surface area contributed by atoms with Crippen molar-refractivity contribution in [2.24, 2.45) is 7.05 Å². The third-order valence-electron chi connectivity index (χ3n) is 2.58. The molecule has 1 aromatic heterocycles. The molecule has 0 aliphatic rings. The highest BCUT2D eigenvalue weighted by Crippen LogP contribution is 2.15. The number of aryl methyl sites for hydroxylation is 1. The molecular formula is C12H16N4O2S. The van der Waals surface area contributed by atoms with Crippen molar-refractivity contribution in [3.8, 4) is 0 Å². The van der Waals surface area contributed by atoms with Gasteiger partial charge in [-0.05, 0) is 24.7 Å². The summed E-state index contributed by atoms with van der Waals surface area (Å²) >= 11 is 0. The summed E-state index contributed by atoms with van der Waals surface area (Å²) in [5.74, 6) is 0. The molecule has 0 radical (unpaired) electrons. The maximum atomic E-state index is 12.0. The number of sulfonamides is 1. The Balaban J connectivity index is 2.16. The SMILES string of the molecule is CNCc1ccc(NS(=O)(=O)c2cnn(C)c2)cc1. The summed E-state index contributed by atoms with van der Waals surface area (Å²) in [4.78, 5) is 0.148. The van der Waals surface area contributed by atoms with E-state index in [1.54, 1.807) is 19.2 Å². The Morgan fingerprint density at radius 3 is 2.47 bits per heavy atom. The molecule has 0 spiro atoms. The van der Waals surface area contributed by atoms with E-state index in [0.29, 0.717) is 5.69 Å². The quantitative estimate of drug-likeness (QED) is 0.854. The van der Waals surface area contributed by atoms with Crippen molar-refractivity contribution in [3.05, 3.63) is 42.2 Å². The van der Waals surface area contributed by atoms with Gasteiger partial charge < -0.3 is 5.32 Å². The Labute approximate surface area is 112 Å². The van der Waals surface area contributed by atoms with E-state index in [0.717, 1.165) is 12.1 Å². The molecule has 0 aliphatic carbocycles. The molecule has 19 heavy (non-hydrogen) atoms. The minimum Gasteiger partial charge on any atom is -0.316 e. The number of aromatic nitrogens is 2. The second-order valence-electron chi connectivity index (χ2n) is 4.18. The number of nitrogens with one attached hydrogen (secondary N) is 2. The first-order chi connectivity index (χ1) is 9.01. The second-order valence-corrected chi connectivity index (χ2v) is 5.86. The van der Waals surface area contributed by atoms with Crippen LogP contribution in [0.25, 0.3) is 0 Å². The highest BCUT2D eigenvalue weighted by Gasteiger charge is 2.15. The van der Waals surface area contributed by atoms with E-state index in [9.17, 15) is 8.42 Å². The van der Waals surface area contributed by atoms with Gasteiger partial charge in [0.2, 0.25) is 0 Å². The molecule has 1 aromatic carbocycles. The molecule has 0 bridgehead atoms. The molecule has 0 fully saturated rings. The molecule has 2 aromatic rings. The van der Waals surface area contributed by atoms with E-state index in [4.69, 9.17) is 0 Å². The van der Waals surface area contributed by atoms with Gasteiger partial charge in [-0.15, -0.1) is 0 Å². The highest BCUT2D eigenvalue weighted by molar-refractivity contribution is 7.92. The zero-order chi connectivity index (χ0) is 13.9. The average molecular weight is 280 g/mol. The largest absolute Gasteiger partial charge is 0.316 e. The van der Waals surface area contributed by atoms with Crippen LogP contribution in [0.1, 0.15) is 5.56 Å². The Hall–Kier alpha value is -1.86. The van der Waals surface area contributed by atoms with E-state index in [2.05, 4.69) is 15.1 Å². The summed E-state index contributed by atoms with van der Waals surface area (Å²) in [5.41, 5.74) is 1.62. The molecule has 102 valence electrons. The molecule has 0 saturated carbocycles. The molecule has 0 saturated heterocycles. The van der Waals surface area contributed by atoms with Crippen LogP contribution in [0.15, 0.2) is 41.6 Å². The first-order valence-corrected chi connectivity index (χ1v) is 7.24. The molecule has 7 heteroatoms. The van der Waals surface area contributed by atoms with Crippen molar-refractivity contribution in [1.29, 1.82) is 0 Å². The van der Waals surface area contributed by atoms with Crippen LogP contribution in [0.4, 0.5) is 5.69 Å². The third kappa shape index (κ3) is 3.33. The zero-order valence-electron chi connectivity index (χ0n) is 10.8. The van der Waals surface area contributed by atoms with Crippen molar-refractivity contribution in [2.75, 3.05) is 11.8 Å². The third-order valence-corrected chi connectivity index (χ3v) is 3.91.